The normalized spacial score (nSPS) is 10.2. The van der Waals surface area contributed by atoms with E-state index in [4.69, 9.17) is 22.1 Å². The van der Waals surface area contributed by atoms with Gasteiger partial charge in [0.2, 0.25) is 0 Å². The van der Waals surface area contributed by atoms with Crippen molar-refractivity contribution in [1.29, 1.82) is 0 Å². The number of ether oxygens (including phenoxy) is 1. The Morgan fingerprint density at radius 3 is 2.46 bits per heavy atom. The van der Waals surface area contributed by atoms with Crippen molar-refractivity contribution >= 4 is 29.2 Å². The lowest BCUT2D eigenvalue weighted by Gasteiger charge is -2.10. The molecule has 142 valence electrons. The predicted molar refractivity (Wildman–Crippen MR) is 107 cm³/mol. The number of aromatic nitrogens is 1. The first kappa shape index (κ1) is 19.2. The quantitative estimate of drug-likeness (QED) is 0.586. The maximum atomic E-state index is 12.0. The third kappa shape index (κ3) is 5.21. The summed E-state index contributed by atoms with van der Waals surface area (Å²) in [6, 6.07) is 16.5. The fourth-order valence-electron chi connectivity index (χ4n) is 2.35. The zero-order valence-corrected chi connectivity index (χ0v) is 15.4. The minimum Gasteiger partial charge on any atom is -0.457 e. The highest BCUT2D eigenvalue weighted by Gasteiger charge is 2.09. The van der Waals surface area contributed by atoms with Gasteiger partial charge < -0.3 is 21.1 Å². The smallest absolute Gasteiger partial charge is 0.319 e. The maximum absolute atomic E-state index is 12.0. The van der Waals surface area contributed by atoms with Crippen LogP contribution in [0.4, 0.5) is 10.5 Å². The van der Waals surface area contributed by atoms with Crippen LogP contribution in [-0.2, 0) is 6.54 Å². The van der Waals surface area contributed by atoms with Crippen LogP contribution in [0.2, 0.25) is 5.02 Å². The number of anilines is 1. The number of hydrogen-bond donors (Lipinski definition) is 3. The summed E-state index contributed by atoms with van der Waals surface area (Å²) >= 11 is 5.77. The molecular weight excluding hydrogens is 380 g/mol. The summed E-state index contributed by atoms with van der Waals surface area (Å²) in [4.78, 5) is 27.5. The molecule has 3 rings (SSSR count). The van der Waals surface area contributed by atoms with Crippen LogP contribution in [-0.4, -0.2) is 16.9 Å². The van der Waals surface area contributed by atoms with Gasteiger partial charge in [-0.1, -0.05) is 23.7 Å². The summed E-state index contributed by atoms with van der Waals surface area (Å²) in [5.41, 5.74) is 6.90. The molecule has 0 fully saturated rings. The number of pyridine rings is 1. The van der Waals surface area contributed by atoms with E-state index in [1.54, 1.807) is 60.7 Å². The second-order valence-corrected chi connectivity index (χ2v) is 6.20. The lowest BCUT2D eigenvalue weighted by Crippen LogP contribution is -2.28. The minimum absolute atomic E-state index is 0.272. The molecule has 0 bridgehead atoms. The largest absolute Gasteiger partial charge is 0.457 e. The summed E-state index contributed by atoms with van der Waals surface area (Å²) in [6.07, 6.45) is 1.52. The van der Waals surface area contributed by atoms with Crippen LogP contribution < -0.4 is 21.1 Å². The minimum atomic E-state index is -0.569. The fourth-order valence-corrected chi connectivity index (χ4v) is 2.46. The molecular formula is C20H17ClN4O3. The van der Waals surface area contributed by atoms with Crippen molar-refractivity contribution in [2.45, 2.75) is 6.54 Å². The van der Waals surface area contributed by atoms with Gasteiger partial charge in [-0.05, 0) is 48.5 Å². The number of nitrogens with zero attached hydrogens (tertiary/aromatic N) is 1. The third-order valence-electron chi connectivity index (χ3n) is 3.71. The van der Waals surface area contributed by atoms with Crippen molar-refractivity contribution in [2.24, 2.45) is 5.73 Å². The van der Waals surface area contributed by atoms with E-state index in [0.29, 0.717) is 33.5 Å². The van der Waals surface area contributed by atoms with Crippen molar-refractivity contribution in [3.05, 3.63) is 83.1 Å². The number of amides is 3. The number of nitrogens with one attached hydrogen (secondary N) is 2. The van der Waals surface area contributed by atoms with Crippen molar-refractivity contribution in [3.8, 4) is 11.5 Å². The monoisotopic (exact) mass is 396 g/mol. The SMILES string of the molecule is NC(=O)c1ccccc1Oc1ccc(NC(=O)NCc2ccc(Cl)cn2)cc1. The molecule has 0 aliphatic heterocycles. The second-order valence-electron chi connectivity index (χ2n) is 5.76. The zero-order valence-electron chi connectivity index (χ0n) is 14.7. The Morgan fingerprint density at radius 2 is 1.79 bits per heavy atom. The molecule has 3 amide bonds. The van der Waals surface area contributed by atoms with E-state index in [-0.39, 0.29) is 12.6 Å². The van der Waals surface area contributed by atoms with E-state index >= 15 is 0 Å². The van der Waals surface area contributed by atoms with E-state index in [1.807, 2.05) is 0 Å². The molecule has 0 aliphatic rings. The summed E-state index contributed by atoms with van der Waals surface area (Å²) in [6.45, 7) is 0.272. The van der Waals surface area contributed by atoms with Gasteiger partial charge in [-0.15, -0.1) is 0 Å². The van der Waals surface area contributed by atoms with Gasteiger partial charge in [-0.2, -0.15) is 0 Å². The molecule has 0 saturated heterocycles. The first-order valence-electron chi connectivity index (χ1n) is 8.33. The van der Waals surface area contributed by atoms with Crippen LogP contribution in [0, 0.1) is 0 Å². The Hall–Kier alpha value is -3.58. The van der Waals surface area contributed by atoms with Crippen molar-refractivity contribution in [3.63, 3.8) is 0 Å². The summed E-state index contributed by atoms with van der Waals surface area (Å²) < 4.78 is 5.70. The third-order valence-corrected chi connectivity index (χ3v) is 3.93. The molecule has 2 aromatic carbocycles. The number of primary amides is 1. The highest BCUT2D eigenvalue weighted by Crippen LogP contribution is 2.26. The Balaban J connectivity index is 1.56. The Labute approximate surface area is 166 Å². The van der Waals surface area contributed by atoms with Gasteiger partial charge >= 0.3 is 6.03 Å². The van der Waals surface area contributed by atoms with Crippen LogP contribution in [0.5, 0.6) is 11.5 Å². The van der Waals surface area contributed by atoms with E-state index in [0.717, 1.165) is 0 Å². The topological polar surface area (TPSA) is 106 Å². The van der Waals surface area contributed by atoms with Gasteiger partial charge in [0.05, 0.1) is 22.8 Å². The standard InChI is InChI=1S/C20H17ClN4O3/c21-13-5-6-15(23-11-13)12-24-20(27)25-14-7-9-16(10-8-14)28-18-4-2-1-3-17(18)19(22)26/h1-11H,12H2,(H2,22,26)(H2,24,25,27). The lowest BCUT2D eigenvalue weighted by molar-refractivity contribution is 0.0998. The van der Waals surface area contributed by atoms with Crippen LogP contribution in [0.3, 0.4) is 0 Å². The van der Waals surface area contributed by atoms with E-state index in [2.05, 4.69) is 15.6 Å². The van der Waals surface area contributed by atoms with E-state index in [1.165, 1.54) is 6.20 Å². The summed E-state index contributed by atoms with van der Waals surface area (Å²) in [7, 11) is 0. The molecule has 0 aliphatic carbocycles. The Bertz CT molecular complexity index is 976. The molecule has 8 heteroatoms. The molecule has 1 aromatic heterocycles. The molecule has 3 aromatic rings. The predicted octanol–water partition coefficient (Wildman–Crippen LogP) is 3.95. The Morgan fingerprint density at radius 1 is 1.04 bits per heavy atom. The van der Waals surface area contributed by atoms with Gasteiger partial charge in [0.1, 0.15) is 11.5 Å². The first-order valence-corrected chi connectivity index (χ1v) is 8.71. The number of halogens is 1. The second kappa shape index (κ2) is 8.88. The van der Waals surface area contributed by atoms with Gasteiger partial charge in [0.15, 0.2) is 0 Å². The fraction of sp³-hybridized carbons (Fsp3) is 0.0500. The molecule has 28 heavy (non-hydrogen) atoms. The van der Waals surface area contributed by atoms with Crippen molar-refractivity contribution in [2.75, 3.05) is 5.32 Å². The summed E-state index contributed by atoms with van der Waals surface area (Å²) in [5.74, 6) is 0.301. The average Bonchev–Trinajstić information content (AvgIpc) is 2.69. The highest BCUT2D eigenvalue weighted by molar-refractivity contribution is 6.30. The van der Waals surface area contributed by atoms with E-state index < -0.39 is 5.91 Å². The molecule has 0 saturated carbocycles. The molecule has 4 N–H and O–H groups in total. The number of hydrogen-bond acceptors (Lipinski definition) is 4. The van der Waals surface area contributed by atoms with Gasteiger partial charge in [0.25, 0.3) is 5.91 Å². The molecule has 1 heterocycles. The zero-order chi connectivity index (χ0) is 19.9. The van der Waals surface area contributed by atoms with Gasteiger partial charge in [0, 0.05) is 11.9 Å². The number of carbonyl (C=O) groups excluding carboxylic acids is 2. The molecule has 0 atom stereocenters. The maximum Gasteiger partial charge on any atom is 0.319 e. The number of nitrogens with two attached hydrogens (primary N) is 1. The molecule has 0 unspecified atom stereocenters. The number of urea groups is 1. The number of carbonyl (C=O) groups is 2. The average molecular weight is 397 g/mol. The van der Waals surface area contributed by atoms with Crippen molar-refractivity contribution < 1.29 is 14.3 Å². The van der Waals surface area contributed by atoms with Gasteiger partial charge in [-0.25, -0.2) is 4.79 Å². The van der Waals surface area contributed by atoms with E-state index in [9.17, 15) is 9.59 Å². The van der Waals surface area contributed by atoms with Crippen LogP contribution in [0.1, 0.15) is 16.1 Å². The van der Waals surface area contributed by atoms with Crippen LogP contribution in [0.25, 0.3) is 0 Å². The molecule has 7 nitrogen and oxygen atoms in total. The first-order chi connectivity index (χ1) is 13.5. The number of rotatable bonds is 6. The van der Waals surface area contributed by atoms with Crippen LogP contribution >= 0.6 is 11.6 Å². The highest BCUT2D eigenvalue weighted by atomic mass is 35.5. The van der Waals surface area contributed by atoms with Crippen LogP contribution in [0.15, 0.2) is 66.9 Å². The van der Waals surface area contributed by atoms with Gasteiger partial charge in [-0.3, -0.25) is 9.78 Å². The van der Waals surface area contributed by atoms with Crippen molar-refractivity contribution in [1.82, 2.24) is 10.3 Å². The molecule has 0 radical (unpaired) electrons. The molecule has 0 spiro atoms. The summed E-state index contributed by atoms with van der Waals surface area (Å²) in [5, 5.41) is 5.95. The number of para-hydroxylation sites is 1. The Kier molecular flexibility index (Phi) is 6.08. The number of benzene rings is 2. The lowest BCUT2D eigenvalue weighted by atomic mass is 10.2.